The second kappa shape index (κ2) is 6.77. The molecular formula is C17H28N2O. The largest absolute Gasteiger partial charge is 0.468 e. The van der Waals surface area contributed by atoms with Crippen molar-refractivity contribution in [3.63, 3.8) is 0 Å². The molecule has 2 saturated carbocycles. The Hall–Kier alpha value is -0.800. The van der Waals surface area contributed by atoms with Crippen molar-refractivity contribution in [3.05, 3.63) is 24.2 Å². The van der Waals surface area contributed by atoms with Crippen LogP contribution in [-0.2, 0) is 6.54 Å². The van der Waals surface area contributed by atoms with Crippen LogP contribution in [0.3, 0.4) is 0 Å². The predicted molar refractivity (Wildman–Crippen MR) is 81.6 cm³/mol. The molecule has 112 valence electrons. The Morgan fingerprint density at radius 2 is 2.20 bits per heavy atom. The predicted octanol–water partition coefficient (Wildman–Crippen LogP) is 3.41. The zero-order chi connectivity index (χ0) is 13.8. The van der Waals surface area contributed by atoms with E-state index in [0.29, 0.717) is 0 Å². The molecule has 0 aromatic carbocycles. The van der Waals surface area contributed by atoms with Crippen LogP contribution in [0.2, 0.25) is 0 Å². The average Bonchev–Trinajstić information content (AvgIpc) is 3.16. The van der Waals surface area contributed by atoms with E-state index >= 15 is 0 Å². The second-order valence-corrected chi connectivity index (χ2v) is 6.70. The first-order chi connectivity index (χ1) is 9.81. The number of nitrogens with one attached hydrogen (secondary N) is 1. The topological polar surface area (TPSA) is 28.4 Å². The van der Waals surface area contributed by atoms with Gasteiger partial charge >= 0.3 is 0 Å². The van der Waals surface area contributed by atoms with Gasteiger partial charge in [0.1, 0.15) is 5.76 Å². The van der Waals surface area contributed by atoms with Crippen LogP contribution in [0.1, 0.15) is 51.2 Å². The first-order valence-electron chi connectivity index (χ1n) is 8.31. The zero-order valence-corrected chi connectivity index (χ0v) is 12.7. The summed E-state index contributed by atoms with van der Waals surface area (Å²) >= 11 is 0. The summed E-state index contributed by atoms with van der Waals surface area (Å²) in [6.07, 6.45) is 10.1. The Kier molecular flexibility index (Phi) is 4.79. The molecule has 0 amide bonds. The second-order valence-electron chi connectivity index (χ2n) is 6.70. The first kappa shape index (κ1) is 14.2. The molecular weight excluding hydrogens is 248 g/mol. The van der Waals surface area contributed by atoms with Crippen LogP contribution in [0.25, 0.3) is 0 Å². The van der Waals surface area contributed by atoms with Crippen LogP contribution < -0.4 is 5.32 Å². The number of hydrogen-bond acceptors (Lipinski definition) is 3. The Morgan fingerprint density at radius 1 is 1.30 bits per heavy atom. The summed E-state index contributed by atoms with van der Waals surface area (Å²) < 4.78 is 5.49. The molecule has 2 aliphatic carbocycles. The maximum Gasteiger partial charge on any atom is 0.117 e. The lowest BCUT2D eigenvalue weighted by molar-refractivity contribution is 0.222. The quantitative estimate of drug-likeness (QED) is 0.827. The van der Waals surface area contributed by atoms with Crippen molar-refractivity contribution in [1.29, 1.82) is 0 Å². The van der Waals surface area contributed by atoms with Crippen LogP contribution >= 0.6 is 0 Å². The van der Waals surface area contributed by atoms with Gasteiger partial charge in [-0.1, -0.05) is 19.8 Å². The van der Waals surface area contributed by atoms with Crippen molar-refractivity contribution in [3.8, 4) is 0 Å². The van der Waals surface area contributed by atoms with Crippen LogP contribution in [0, 0.1) is 5.92 Å². The van der Waals surface area contributed by atoms with Crippen molar-refractivity contribution >= 4 is 0 Å². The lowest BCUT2D eigenvalue weighted by Gasteiger charge is -2.29. The Morgan fingerprint density at radius 3 is 2.90 bits per heavy atom. The molecule has 2 atom stereocenters. The molecule has 1 heterocycles. The van der Waals surface area contributed by atoms with Crippen molar-refractivity contribution in [2.45, 2.75) is 64.1 Å². The highest BCUT2D eigenvalue weighted by Gasteiger charge is 2.29. The highest BCUT2D eigenvalue weighted by molar-refractivity contribution is 4.99. The van der Waals surface area contributed by atoms with Gasteiger partial charge in [-0.2, -0.15) is 0 Å². The van der Waals surface area contributed by atoms with Crippen LogP contribution in [0.15, 0.2) is 22.8 Å². The monoisotopic (exact) mass is 276 g/mol. The van der Waals surface area contributed by atoms with Crippen molar-refractivity contribution in [2.24, 2.45) is 5.92 Å². The standard InChI is InChI=1S/C17H28N2O/c1-14-4-2-5-15(12-14)18-9-10-19(16-7-8-16)13-17-6-3-11-20-17/h3,6,11,14-16,18H,2,4-5,7-10,12-13H2,1H3. The lowest BCUT2D eigenvalue weighted by Crippen LogP contribution is -2.39. The van der Waals surface area contributed by atoms with Gasteiger partial charge in [0.15, 0.2) is 0 Å². The molecule has 0 spiro atoms. The van der Waals surface area contributed by atoms with E-state index in [0.717, 1.165) is 43.4 Å². The molecule has 0 radical (unpaired) electrons. The summed E-state index contributed by atoms with van der Waals surface area (Å²) in [6.45, 7) is 5.63. The summed E-state index contributed by atoms with van der Waals surface area (Å²) in [5.41, 5.74) is 0. The molecule has 2 fully saturated rings. The van der Waals surface area contributed by atoms with E-state index in [-0.39, 0.29) is 0 Å². The minimum Gasteiger partial charge on any atom is -0.468 e. The van der Waals surface area contributed by atoms with Crippen LogP contribution in [0.4, 0.5) is 0 Å². The lowest BCUT2D eigenvalue weighted by atomic mass is 9.87. The molecule has 1 aromatic rings. The Balaban J connectivity index is 1.41. The van der Waals surface area contributed by atoms with Crippen molar-refractivity contribution < 1.29 is 4.42 Å². The molecule has 20 heavy (non-hydrogen) atoms. The average molecular weight is 276 g/mol. The van der Waals surface area contributed by atoms with E-state index < -0.39 is 0 Å². The number of hydrogen-bond donors (Lipinski definition) is 1. The van der Waals surface area contributed by atoms with E-state index in [1.165, 1.54) is 38.5 Å². The molecule has 2 aliphatic rings. The SMILES string of the molecule is CC1CCCC(NCCN(Cc2ccco2)C2CC2)C1. The summed E-state index contributed by atoms with van der Waals surface area (Å²) in [6, 6.07) is 5.63. The molecule has 1 aromatic heterocycles. The molecule has 3 heteroatoms. The van der Waals surface area contributed by atoms with E-state index in [9.17, 15) is 0 Å². The van der Waals surface area contributed by atoms with Gasteiger partial charge in [-0.15, -0.1) is 0 Å². The number of rotatable bonds is 7. The van der Waals surface area contributed by atoms with Gasteiger partial charge in [0.2, 0.25) is 0 Å². The minimum atomic E-state index is 0.753. The third-order valence-electron chi connectivity index (χ3n) is 4.77. The van der Waals surface area contributed by atoms with E-state index in [1.54, 1.807) is 6.26 Å². The maximum absolute atomic E-state index is 5.49. The van der Waals surface area contributed by atoms with Gasteiger partial charge in [-0.3, -0.25) is 4.90 Å². The maximum atomic E-state index is 5.49. The highest BCUT2D eigenvalue weighted by atomic mass is 16.3. The smallest absolute Gasteiger partial charge is 0.117 e. The van der Waals surface area contributed by atoms with Crippen LogP contribution in [0.5, 0.6) is 0 Å². The van der Waals surface area contributed by atoms with E-state index in [4.69, 9.17) is 4.42 Å². The highest BCUT2D eigenvalue weighted by Crippen LogP contribution is 2.28. The molecule has 3 rings (SSSR count). The number of nitrogens with zero attached hydrogens (tertiary/aromatic N) is 1. The zero-order valence-electron chi connectivity index (χ0n) is 12.7. The van der Waals surface area contributed by atoms with Gasteiger partial charge in [0, 0.05) is 25.2 Å². The van der Waals surface area contributed by atoms with Gasteiger partial charge < -0.3 is 9.73 Å². The summed E-state index contributed by atoms with van der Waals surface area (Å²) in [5, 5.41) is 3.77. The molecule has 0 saturated heterocycles. The Labute approximate surface area is 122 Å². The molecule has 0 aliphatic heterocycles. The third-order valence-corrected chi connectivity index (χ3v) is 4.77. The van der Waals surface area contributed by atoms with Crippen molar-refractivity contribution in [2.75, 3.05) is 13.1 Å². The van der Waals surface area contributed by atoms with Crippen molar-refractivity contribution in [1.82, 2.24) is 10.2 Å². The summed E-state index contributed by atoms with van der Waals surface area (Å²) in [5.74, 6) is 2.01. The van der Waals surface area contributed by atoms with Gasteiger partial charge in [0.25, 0.3) is 0 Å². The summed E-state index contributed by atoms with van der Waals surface area (Å²) in [7, 11) is 0. The summed E-state index contributed by atoms with van der Waals surface area (Å²) in [4.78, 5) is 2.58. The van der Waals surface area contributed by atoms with Gasteiger partial charge in [0.05, 0.1) is 12.8 Å². The third kappa shape index (κ3) is 4.10. The first-order valence-corrected chi connectivity index (χ1v) is 8.31. The van der Waals surface area contributed by atoms with Gasteiger partial charge in [-0.25, -0.2) is 0 Å². The fourth-order valence-electron chi connectivity index (χ4n) is 3.46. The molecule has 2 unspecified atom stereocenters. The minimum absolute atomic E-state index is 0.753. The normalized spacial score (nSPS) is 27.1. The molecule has 3 nitrogen and oxygen atoms in total. The van der Waals surface area contributed by atoms with E-state index in [2.05, 4.69) is 23.2 Å². The van der Waals surface area contributed by atoms with Gasteiger partial charge in [-0.05, 0) is 43.7 Å². The van der Waals surface area contributed by atoms with E-state index in [1.807, 2.05) is 6.07 Å². The molecule has 1 N–H and O–H groups in total. The fraction of sp³-hybridized carbons (Fsp3) is 0.765. The number of furan rings is 1. The van der Waals surface area contributed by atoms with Crippen LogP contribution in [-0.4, -0.2) is 30.1 Å². The fourth-order valence-corrected chi connectivity index (χ4v) is 3.46. The Bertz CT molecular complexity index is 386. The molecule has 0 bridgehead atoms.